The van der Waals surface area contributed by atoms with Crippen molar-refractivity contribution < 1.29 is 9.59 Å². The minimum Gasteiger partial charge on any atom is -0.354 e. The quantitative estimate of drug-likeness (QED) is 0.835. The van der Waals surface area contributed by atoms with Gasteiger partial charge in [-0.1, -0.05) is 32.1 Å². The summed E-state index contributed by atoms with van der Waals surface area (Å²) < 4.78 is 1.55. The van der Waals surface area contributed by atoms with Gasteiger partial charge in [-0.25, -0.2) is 4.68 Å². The Labute approximate surface area is 145 Å². The Morgan fingerprint density at radius 3 is 2.75 bits per heavy atom. The van der Waals surface area contributed by atoms with Crippen LogP contribution in [0.3, 0.4) is 0 Å². The molecule has 0 aliphatic heterocycles. The molecule has 2 aromatic heterocycles. The maximum absolute atomic E-state index is 12.2. The Bertz CT molecular complexity index is 688. The van der Waals surface area contributed by atoms with Crippen LogP contribution in [-0.4, -0.2) is 33.4 Å². The predicted octanol–water partition coefficient (Wildman–Crippen LogP) is 1.99. The van der Waals surface area contributed by atoms with Gasteiger partial charge in [0.2, 0.25) is 5.91 Å². The molecule has 8 heteroatoms. The molecular weight excluding hydrogens is 326 g/mol. The van der Waals surface area contributed by atoms with E-state index in [4.69, 9.17) is 0 Å². The van der Waals surface area contributed by atoms with Gasteiger partial charge < -0.3 is 10.6 Å². The third kappa shape index (κ3) is 4.89. The van der Waals surface area contributed by atoms with Crippen LogP contribution in [0.4, 0.5) is 0 Å². The molecule has 0 aliphatic carbocycles. The molecule has 2 rings (SSSR count). The zero-order valence-electron chi connectivity index (χ0n) is 14.4. The second kappa shape index (κ2) is 7.57. The highest BCUT2D eigenvalue weighted by molar-refractivity contribution is 7.10. The molecule has 1 atom stereocenters. The molecule has 130 valence electrons. The molecule has 2 amide bonds. The van der Waals surface area contributed by atoms with Crippen LogP contribution in [0.15, 0.2) is 23.7 Å². The van der Waals surface area contributed by atoms with Crippen LogP contribution in [-0.2, 0) is 11.3 Å². The number of amides is 2. The van der Waals surface area contributed by atoms with Gasteiger partial charge in [0.25, 0.3) is 5.91 Å². The minimum atomic E-state index is -0.425. The van der Waals surface area contributed by atoms with E-state index in [9.17, 15) is 9.59 Å². The average Bonchev–Trinajstić information content (AvgIpc) is 3.17. The number of carbonyl (C=O) groups is 2. The van der Waals surface area contributed by atoms with E-state index in [-0.39, 0.29) is 23.6 Å². The van der Waals surface area contributed by atoms with Gasteiger partial charge in [-0.15, -0.1) is 16.4 Å². The molecule has 24 heavy (non-hydrogen) atoms. The lowest BCUT2D eigenvalue weighted by Gasteiger charge is -2.17. The van der Waals surface area contributed by atoms with Gasteiger partial charge in [-0.05, 0) is 18.4 Å². The second-order valence-corrected chi connectivity index (χ2v) is 7.56. The first-order valence-electron chi connectivity index (χ1n) is 7.80. The van der Waals surface area contributed by atoms with Crippen LogP contribution in [0.5, 0.6) is 0 Å². The lowest BCUT2D eigenvalue weighted by atomic mass is 9.96. The summed E-state index contributed by atoms with van der Waals surface area (Å²) in [7, 11) is 0. The van der Waals surface area contributed by atoms with Crippen molar-refractivity contribution in [1.82, 2.24) is 25.6 Å². The summed E-state index contributed by atoms with van der Waals surface area (Å²) in [5.74, 6) is -0.286. The van der Waals surface area contributed by atoms with Crippen molar-refractivity contribution in [1.29, 1.82) is 0 Å². The summed E-state index contributed by atoms with van der Waals surface area (Å²) in [6, 6.07) is 3.85. The number of nitrogens with one attached hydrogen (secondary N) is 2. The van der Waals surface area contributed by atoms with Crippen molar-refractivity contribution in [2.75, 3.05) is 6.54 Å². The molecule has 1 unspecified atom stereocenters. The number of carbonyl (C=O) groups excluding carboxylic acids is 2. The van der Waals surface area contributed by atoms with E-state index < -0.39 is 5.41 Å². The van der Waals surface area contributed by atoms with Gasteiger partial charge in [0.1, 0.15) is 0 Å². The summed E-state index contributed by atoms with van der Waals surface area (Å²) in [5.41, 5.74) is -0.161. The molecule has 0 fully saturated rings. The molecule has 0 saturated carbocycles. The zero-order chi connectivity index (χ0) is 17.7. The largest absolute Gasteiger partial charge is 0.354 e. The van der Waals surface area contributed by atoms with E-state index in [1.54, 1.807) is 22.2 Å². The van der Waals surface area contributed by atoms with Gasteiger partial charge in [-0.3, -0.25) is 9.59 Å². The van der Waals surface area contributed by atoms with Crippen LogP contribution < -0.4 is 10.6 Å². The number of thiophene rings is 1. The van der Waals surface area contributed by atoms with Gasteiger partial charge in [0, 0.05) is 16.8 Å². The number of nitrogens with zero attached hydrogens (tertiary/aromatic N) is 3. The van der Waals surface area contributed by atoms with Crippen LogP contribution in [0.2, 0.25) is 0 Å². The molecule has 2 heterocycles. The minimum absolute atomic E-state index is 0.0228. The van der Waals surface area contributed by atoms with Crippen LogP contribution in [0.1, 0.15) is 49.1 Å². The zero-order valence-corrected chi connectivity index (χ0v) is 15.2. The number of hydrogen-bond donors (Lipinski definition) is 2. The van der Waals surface area contributed by atoms with Gasteiger partial charge in [0.05, 0.1) is 18.8 Å². The van der Waals surface area contributed by atoms with Crippen LogP contribution in [0, 0.1) is 5.41 Å². The normalized spacial score (nSPS) is 12.7. The highest BCUT2D eigenvalue weighted by Crippen LogP contribution is 2.18. The predicted molar refractivity (Wildman–Crippen MR) is 92.7 cm³/mol. The summed E-state index contributed by atoms with van der Waals surface area (Å²) >= 11 is 1.59. The van der Waals surface area contributed by atoms with E-state index in [0.717, 1.165) is 4.88 Å². The maximum atomic E-state index is 12.2. The molecule has 0 radical (unpaired) electrons. The molecule has 0 aliphatic rings. The van der Waals surface area contributed by atoms with E-state index in [1.807, 2.05) is 45.2 Å². The summed E-state index contributed by atoms with van der Waals surface area (Å²) in [6.07, 6.45) is 1.58. The van der Waals surface area contributed by atoms with Gasteiger partial charge in [-0.2, -0.15) is 0 Å². The third-order valence-corrected chi connectivity index (χ3v) is 4.45. The van der Waals surface area contributed by atoms with Gasteiger partial charge in [0.15, 0.2) is 5.69 Å². The lowest BCUT2D eigenvalue weighted by molar-refractivity contribution is -0.128. The SMILES string of the molecule is CC(NC(=O)c1cn(CCNC(=O)C(C)(C)C)nn1)c1cccs1. The van der Waals surface area contributed by atoms with E-state index >= 15 is 0 Å². The first-order valence-corrected chi connectivity index (χ1v) is 8.68. The lowest BCUT2D eigenvalue weighted by Crippen LogP contribution is -2.36. The van der Waals surface area contributed by atoms with Crippen LogP contribution in [0.25, 0.3) is 0 Å². The summed E-state index contributed by atoms with van der Waals surface area (Å²) in [6.45, 7) is 8.39. The van der Waals surface area contributed by atoms with E-state index in [1.165, 1.54) is 0 Å². The van der Waals surface area contributed by atoms with Crippen molar-refractivity contribution in [3.05, 3.63) is 34.3 Å². The highest BCUT2D eigenvalue weighted by Gasteiger charge is 2.20. The third-order valence-electron chi connectivity index (χ3n) is 3.40. The number of rotatable bonds is 6. The van der Waals surface area contributed by atoms with Crippen molar-refractivity contribution in [3.8, 4) is 0 Å². The Balaban J connectivity index is 1.84. The first-order chi connectivity index (χ1) is 11.3. The molecule has 7 nitrogen and oxygen atoms in total. The molecule has 0 aromatic carbocycles. The second-order valence-electron chi connectivity index (χ2n) is 6.58. The van der Waals surface area contributed by atoms with Crippen molar-refractivity contribution in [2.24, 2.45) is 5.41 Å². The molecule has 0 saturated heterocycles. The standard InChI is InChI=1S/C16H23N5O2S/c1-11(13-6-5-9-24-13)18-14(22)12-10-21(20-19-12)8-7-17-15(23)16(2,3)4/h5-6,9-11H,7-8H2,1-4H3,(H,17,23)(H,18,22). The Hall–Kier alpha value is -2.22. The van der Waals surface area contributed by atoms with Crippen molar-refractivity contribution in [2.45, 2.75) is 40.3 Å². The molecular formula is C16H23N5O2S. The molecule has 2 aromatic rings. The van der Waals surface area contributed by atoms with Crippen molar-refractivity contribution in [3.63, 3.8) is 0 Å². The van der Waals surface area contributed by atoms with E-state index in [0.29, 0.717) is 13.1 Å². The fourth-order valence-corrected chi connectivity index (χ4v) is 2.67. The summed E-state index contributed by atoms with van der Waals surface area (Å²) in [4.78, 5) is 25.1. The van der Waals surface area contributed by atoms with Crippen molar-refractivity contribution >= 4 is 23.2 Å². The molecule has 0 spiro atoms. The highest BCUT2D eigenvalue weighted by atomic mass is 32.1. The van der Waals surface area contributed by atoms with E-state index in [2.05, 4.69) is 20.9 Å². The topological polar surface area (TPSA) is 88.9 Å². The monoisotopic (exact) mass is 349 g/mol. The number of aromatic nitrogens is 3. The van der Waals surface area contributed by atoms with Gasteiger partial charge >= 0.3 is 0 Å². The molecule has 2 N–H and O–H groups in total. The fourth-order valence-electron chi connectivity index (χ4n) is 1.94. The molecule has 0 bridgehead atoms. The smallest absolute Gasteiger partial charge is 0.273 e. The maximum Gasteiger partial charge on any atom is 0.273 e. The summed E-state index contributed by atoms with van der Waals surface area (Å²) in [5, 5.41) is 15.5. The Kier molecular flexibility index (Phi) is 5.71. The fraction of sp³-hybridized carbons (Fsp3) is 0.500. The average molecular weight is 349 g/mol. The first kappa shape index (κ1) is 18.1. The van der Waals surface area contributed by atoms with Crippen LogP contribution >= 0.6 is 11.3 Å². The Morgan fingerprint density at radius 1 is 1.38 bits per heavy atom. The number of hydrogen-bond acceptors (Lipinski definition) is 5. The Morgan fingerprint density at radius 2 is 2.12 bits per heavy atom.